The van der Waals surface area contributed by atoms with Gasteiger partial charge in [-0.2, -0.15) is 5.10 Å². The Kier molecular flexibility index (Phi) is 6.45. The molecule has 0 bridgehead atoms. The average molecular weight is 437 g/mol. The fraction of sp³-hybridized carbons (Fsp3) is 0.435. The molecule has 2 amide bonds. The SMILES string of the molecule is COCCNC(=O)c1cc([C@@H]2CCN(C(=O)Cn3nc(C)nc3C)C2)nc2ccccc12. The standard InChI is InChI=1S/C23H28N6O3/c1-15-25-16(2)29(27-15)14-22(30)28-10-8-17(13-28)21-12-19(23(31)24-9-11-32-3)18-6-4-5-7-20(18)26-21/h4-7,12,17H,8-11,13-14H2,1-3H3,(H,24,31)/t17-/m1/s1. The van der Waals surface area contributed by atoms with Crippen molar-refractivity contribution in [1.82, 2.24) is 30.0 Å². The van der Waals surface area contributed by atoms with Gasteiger partial charge in [-0.3, -0.25) is 14.6 Å². The van der Waals surface area contributed by atoms with Crippen LogP contribution in [0.4, 0.5) is 0 Å². The zero-order valence-electron chi connectivity index (χ0n) is 18.7. The van der Waals surface area contributed by atoms with Crippen LogP contribution in [0.2, 0.25) is 0 Å². The van der Waals surface area contributed by atoms with E-state index >= 15 is 0 Å². The number of benzene rings is 1. The van der Waals surface area contributed by atoms with Crippen LogP contribution in [-0.4, -0.2) is 69.8 Å². The number of ether oxygens (including phenoxy) is 1. The summed E-state index contributed by atoms with van der Waals surface area (Å²) in [5.41, 5.74) is 2.21. The second-order valence-electron chi connectivity index (χ2n) is 8.05. The smallest absolute Gasteiger partial charge is 0.252 e. The fourth-order valence-corrected chi connectivity index (χ4v) is 4.12. The highest BCUT2D eigenvalue weighted by Crippen LogP contribution is 2.29. The molecule has 4 rings (SSSR count). The lowest BCUT2D eigenvalue weighted by Gasteiger charge is -2.17. The molecule has 32 heavy (non-hydrogen) atoms. The van der Waals surface area contributed by atoms with Crippen LogP contribution in [0.5, 0.6) is 0 Å². The molecule has 0 saturated carbocycles. The number of aromatic nitrogens is 4. The van der Waals surface area contributed by atoms with E-state index in [9.17, 15) is 9.59 Å². The number of hydrogen-bond acceptors (Lipinski definition) is 6. The van der Waals surface area contributed by atoms with Crippen molar-refractivity contribution in [2.45, 2.75) is 32.7 Å². The molecule has 0 unspecified atom stereocenters. The molecule has 0 aliphatic carbocycles. The molecule has 9 heteroatoms. The number of fused-ring (bicyclic) bond motifs is 1. The third-order valence-corrected chi connectivity index (χ3v) is 5.78. The number of likely N-dealkylation sites (tertiary alicyclic amines) is 1. The molecule has 3 aromatic rings. The van der Waals surface area contributed by atoms with Crippen LogP contribution >= 0.6 is 0 Å². The number of nitrogens with zero attached hydrogens (tertiary/aromatic N) is 5. The van der Waals surface area contributed by atoms with Gasteiger partial charge in [-0.15, -0.1) is 0 Å². The third kappa shape index (κ3) is 4.62. The number of rotatable bonds is 7. The second kappa shape index (κ2) is 9.44. The molecule has 3 heterocycles. The Hall–Kier alpha value is -3.33. The largest absolute Gasteiger partial charge is 0.383 e. The Morgan fingerprint density at radius 2 is 2.03 bits per heavy atom. The zero-order chi connectivity index (χ0) is 22.7. The molecule has 1 saturated heterocycles. The van der Waals surface area contributed by atoms with Gasteiger partial charge in [-0.25, -0.2) is 9.67 Å². The van der Waals surface area contributed by atoms with Gasteiger partial charge in [0.1, 0.15) is 18.2 Å². The van der Waals surface area contributed by atoms with Crippen LogP contribution in [0.3, 0.4) is 0 Å². The summed E-state index contributed by atoms with van der Waals surface area (Å²) in [6, 6.07) is 9.51. The fourth-order valence-electron chi connectivity index (χ4n) is 4.12. The maximum Gasteiger partial charge on any atom is 0.252 e. The Labute approximate surface area is 186 Å². The summed E-state index contributed by atoms with van der Waals surface area (Å²) in [5.74, 6) is 1.33. The summed E-state index contributed by atoms with van der Waals surface area (Å²) in [7, 11) is 1.60. The summed E-state index contributed by atoms with van der Waals surface area (Å²) in [6.45, 7) is 5.95. The van der Waals surface area contributed by atoms with Crippen molar-refractivity contribution in [2.24, 2.45) is 0 Å². The van der Waals surface area contributed by atoms with Crippen LogP contribution in [0.1, 0.15) is 40.0 Å². The van der Waals surface area contributed by atoms with Crippen LogP contribution in [0.15, 0.2) is 30.3 Å². The van der Waals surface area contributed by atoms with Crippen molar-refractivity contribution in [3.8, 4) is 0 Å². The summed E-state index contributed by atoms with van der Waals surface area (Å²) in [4.78, 5) is 36.6. The number of amides is 2. The molecule has 1 atom stereocenters. The molecule has 168 valence electrons. The van der Waals surface area contributed by atoms with Crippen LogP contribution in [-0.2, 0) is 16.1 Å². The van der Waals surface area contributed by atoms with E-state index in [0.717, 1.165) is 28.8 Å². The number of aryl methyl sites for hydroxylation is 2. The second-order valence-corrected chi connectivity index (χ2v) is 8.05. The number of pyridine rings is 1. The van der Waals surface area contributed by atoms with Crippen molar-refractivity contribution in [2.75, 3.05) is 33.4 Å². The zero-order valence-corrected chi connectivity index (χ0v) is 18.7. The molecular weight excluding hydrogens is 408 g/mol. The number of methoxy groups -OCH3 is 1. The molecule has 0 radical (unpaired) electrons. The first-order valence-corrected chi connectivity index (χ1v) is 10.8. The van der Waals surface area contributed by atoms with Crippen molar-refractivity contribution in [3.05, 3.63) is 53.2 Å². The lowest BCUT2D eigenvalue weighted by Crippen LogP contribution is -2.32. The van der Waals surface area contributed by atoms with Gasteiger partial charge >= 0.3 is 0 Å². The quantitative estimate of drug-likeness (QED) is 0.567. The van der Waals surface area contributed by atoms with Gasteiger partial charge in [0.15, 0.2) is 0 Å². The first-order chi connectivity index (χ1) is 15.5. The molecule has 1 aromatic carbocycles. The summed E-state index contributed by atoms with van der Waals surface area (Å²) in [6.07, 6.45) is 0.803. The molecule has 2 aromatic heterocycles. The minimum absolute atomic E-state index is 0.0128. The monoisotopic (exact) mass is 436 g/mol. The molecule has 1 fully saturated rings. The molecular formula is C23H28N6O3. The number of carbonyl (C=O) groups is 2. The van der Waals surface area contributed by atoms with E-state index in [1.807, 2.05) is 49.1 Å². The van der Waals surface area contributed by atoms with Crippen molar-refractivity contribution in [3.63, 3.8) is 0 Å². The lowest BCUT2D eigenvalue weighted by atomic mass is 9.99. The van der Waals surface area contributed by atoms with E-state index in [2.05, 4.69) is 15.4 Å². The van der Waals surface area contributed by atoms with Crippen molar-refractivity contribution in [1.29, 1.82) is 0 Å². The van der Waals surface area contributed by atoms with Gasteiger partial charge in [0, 0.05) is 43.7 Å². The van der Waals surface area contributed by atoms with E-state index < -0.39 is 0 Å². The maximum absolute atomic E-state index is 12.8. The topological polar surface area (TPSA) is 102 Å². The highest BCUT2D eigenvalue weighted by Gasteiger charge is 2.29. The van der Waals surface area contributed by atoms with Gasteiger partial charge < -0.3 is 15.0 Å². The Morgan fingerprint density at radius 1 is 1.22 bits per heavy atom. The predicted octanol–water partition coefficient (Wildman–Crippen LogP) is 1.84. The number of carbonyl (C=O) groups excluding carboxylic acids is 2. The highest BCUT2D eigenvalue weighted by atomic mass is 16.5. The van der Waals surface area contributed by atoms with E-state index in [1.165, 1.54) is 0 Å². The van der Waals surface area contributed by atoms with Crippen LogP contribution in [0, 0.1) is 13.8 Å². The van der Waals surface area contributed by atoms with Gasteiger partial charge in [0.05, 0.1) is 17.7 Å². The number of hydrogen-bond donors (Lipinski definition) is 1. The van der Waals surface area contributed by atoms with Crippen molar-refractivity contribution < 1.29 is 14.3 Å². The molecule has 1 N–H and O–H groups in total. The maximum atomic E-state index is 12.8. The summed E-state index contributed by atoms with van der Waals surface area (Å²) in [5, 5.41) is 8.00. The lowest BCUT2D eigenvalue weighted by molar-refractivity contribution is -0.131. The van der Waals surface area contributed by atoms with E-state index in [-0.39, 0.29) is 24.3 Å². The Morgan fingerprint density at radius 3 is 2.78 bits per heavy atom. The molecule has 0 spiro atoms. The van der Waals surface area contributed by atoms with Crippen LogP contribution < -0.4 is 5.32 Å². The summed E-state index contributed by atoms with van der Waals surface area (Å²) < 4.78 is 6.67. The van der Waals surface area contributed by atoms with Gasteiger partial charge in [0.2, 0.25) is 5.91 Å². The molecule has 1 aliphatic rings. The van der Waals surface area contributed by atoms with E-state index in [4.69, 9.17) is 9.72 Å². The van der Waals surface area contributed by atoms with Crippen molar-refractivity contribution >= 4 is 22.7 Å². The number of para-hydroxylation sites is 1. The van der Waals surface area contributed by atoms with Gasteiger partial charge in [-0.05, 0) is 32.4 Å². The van der Waals surface area contributed by atoms with E-state index in [1.54, 1.807) is 11.8 Å². The number of nitrogens with one attached hydrogen (secondary N) is 1. The molecule has 9 nitrogen and oxygen atoms in total. The molecule has 1 aliphatic heterocycles. The van der Waals surface area contributed by atoms with Crippen LogP contribution in [0.25, 0.3) is 10.9 Å². The minimum Gasteiger partial charge on any atom is -0.383 e. The first-order valence-electron chi connectivity index (χ1n) is 10.8. The Bertz CT molecular complexity index is 1140. The Balaban J connectivity index is 1.52. The third-order valence-electron chi connectivity index (χ3n) is 5.78. The summed E-state index contributed by atoms with van der Waals surface area (Å²) >= 11 is 0. The van der Waals surface area contributed by atoms with Gasteiger partial charge in [-0.1, -0.05) is 18.2 Å². The predicted molar refractivity (Wildman–Crippen MR) is 119 cm³/mol. The van der Waals surface area contributed by atoms with E-state index in [0.29, 0.717) is 37.6 Å². The highest BCUT2D eigenvalue weighted by molar-refractivity contribution is 6.06. The van der Waals surface area contributed by atoms with Gasteiger partial charge in [0.25, 0.3) is 5.91 Å². The average Bonchev–Trinajstić information content (AvgIpc) is 3.39. The minimum atomic E-state index is -0.148. The normalized spacial score (nSPS) is 16.0. The first kappa shape index (κ1) is 21.9.